The number of halogens is 4. The number of alkyl halides is 3. The number of aromatic nitrogens is 1. The summed E-state index contributed by atoms with van der Waals surface area (Å²) in [7, 11) is 0. The SMILES string of the molecule is CC(NCC(O)C1(O)CCOCC1)c1ccc(C(F)(F)F)nc1Cl. The molecule has 2 atom stereocenters. The van der Waals surface area contributed by atoms with Crippen LogP contribution in [0.4, 0.5) is 13.2 Å². The maximum absolute atomic E-state index is 12.6. The van der Waals surface area contributed by atoms with Gasteiger partial charge >= 0.3 is 6.18 Å². The first-order valence-corrected chi connectivity index (χ1v) is 7.96. The molecule has 0 aromatic carbocycles. The molecule has 0 radical (unpaired) electrons. The predicted molar refractivity (Wildman–Crippen MR) is 81.7 cm³/mol. The van der Waals surface area contributed by atoms with E-state index in [9.17, 15) is 23.4 Å². The minimum Gasteiger partial charge on any atom is -0.389 e. The van der Waals surface area contributed by atoms with Crippen molar-refractivity contribution in [1.29, 1.82) is 0 Å². The zero-order valence-corrected chi connectivity index (χ0v) is 13.9. The van der Waals surface area contributed by atoms with E-state index in [0.29, 0.717) is 31.6 Å². The molecule has 0 saturated carbocycles. The quantitative estimate of drug-likeness (QED) is 0.695. The number of aliphatic hydroxyl groups is 2. The summed E-state index contributed by atoms with van der Waals surface area (Å²) >= 11 is 5.84. The van der Waals surface area contributed by atoms with Crippen molar-refractivity contribution in [2.75, 3.05) is 19.8 Å². The van der Waals surface area contributed by atoms with E-state index in [2.05, 4.69) is 10.3 Å². The lowest BCUT2D eigenvalue weighted by atomic mass is 9.88. The van der Waals surface area contributed by atoms with Crippen LogP contribution < -0.4 is 5.32 Å². The molecular weight excluding hydrogens is 349 g/mol. The van der Waals surface area contributed by atoms with Crippen molar-refractivity contribution in [3.8, 4) is 0 Å². The van der Waals surface area contributed by atoms with Crippen molar-refractivity contribution in [2.45, 2.75) is 43.7 Å². The van der Waals surface area contributed by atoms with Gasteiger partial charge in [-0.3, -0.25) is 0 Å². The van der Waals surface area contributed by atoms with Crippen LogP contribution in [-0.4, -0.2) is 46.7 Å². The summed E-state index contributed by atoms with van der Waals surface area (Å²) in [6.45, 7) is 2.50. The van der Waals surface area contributed by atoms with Crippen LogP contribution in [0, 0.1) is 0 Å². The smallest absolute Gasteiger partial charge is 0.389 e. The Kier molecular flexibility index (Phi) is 6.09. The molecule has 1 aliphatic rings. The molecule has 0 bridgehead atoms. The van der Waals surface area contributed by atoms with E-state index in [1.54, 1.807) is 6.92 Å². The van der Waals surface area contributed by atoms with Gasteiger partial charge in [-0.1, -0.05) is 17.7 Å². The van der Waals surface area contributed by atoms with E-state index in [4.69, 9.17) is 16.3 Å². The third kappa shape index (κ3) is 4.58. The van der Waals surface area contributed by atoms with Gasteiger partial charge in [-0.05, 0) is 13.0 Å². The number of ether oxygens (including phenoxy) is 1. The molecule has 2 heterocycles. The molecule has 0 spiro atoms. The zero-order valence-electron chi connectivity index (χ0n) is 13.1. The van der Waals surface area contributed by atoms with Crippen molar-refractivity contribution in [1.82, 2.24) is 10.3 Å². The van der Waals surface area contributed by atoms with E-state index >= 15 is 0 Å². The molecule has 9 heteroatoms. The van der Waals surface area contributed by atoms with Crippen LogP contribution in [0.5, 0.6) is 0 Å². The highest BCUT2D eigenvalue weighted by Gasteiger charge is 2.37. The van der Waals surface area contributed by atoms with Gasteiger partial charge in [-0.25, -0.2) is 4.98 Å². The highest BCUT2D eigenvalue weighted by atomic mass is 35.5. The number of aliphatic hydroxyl groups excluding tert-OH is 1. The zero-order chi connectivity index (χ0) is 18.0. The molecule has 1 aromatic rings. The topological polar surface area (TPSA) is 74.6 Å². The van der Waals surface area contributed by atoms with E-state index in [1.165, 1.54) is 6.07 Å². The molecule has 1 saturated heterocycles. The second-order valence-corrected chi connectivity index (χ2v) is 6.29. The highest BCUT2D eigenvalue weighted by molar-refractivity contribution is 6.30. The molecule has 2 rings (SSSR count). The number of nitrogens with one attached hydrogen (secondary N) is 1. The van der Waals surface area contributed by atoms with Crippen molar-refractivity contribution >= 4 is 11.6 Å². The average Bonchev–Trinajstić information content (AvgIpc) is 2.52. The van der Waals surface area contributed by atoms with Crippen molar-refractivity contribution in [2.24, 2.45) is 0 Å². The number of hydrogen-bond donors (Lipinski definition) is 3. The maximum atomic E-state index is 12.6. The van der Waals surface area contributed by atoms with Crippen LogP contribution in [0.25, 0.3) is 0 Å². The lowest BCUT2D eigenvalue weighted by Crippen LogP contribution is -2.51. The molecule has 1 aliphatic heterocycles. The first kappa shape index (κ1) is 19.4. The lowest BCUT2D eigenvalue weighted by molar-refractivity contribution is -0.141. The third-order valence-corrected chi connectivity index (χ3v) is 4.53. The summed E-state index contributed by atoms with van der Waals surface area (Å²) in [5, 5.41) is 23.3. The number of rotatable bonds is 5. The largest absolute Gasteiger partial charge is 0.433 e. The van der Waals surface area contributed by atoms with Crippen LogP contribution >= 0.6 is 11.6 Å². The summed E-state index contributed by atoms with van der Waals surface area (Å²) in [6.07, 6.45) is -4.92. The van der Waals surface area contributed by atoms with Crippen LogP contribution in [0.2, 0.25) is 5.15 Å². The Bertz CT molecular complexity index is 565. The fourth-order valence-corrected chi connectivity index (χ4v) is 2.89. The number of pyridine rings is 1. The molecule has 0 amide bonds. The van der Waals surface area contributed by atoms with E-state index in [-0.39, 0.29) is 11.7 Å². The van der Waals surface area contributed by atoms with E-state index < -0.39 is 29.6 Å². The first-order valence-electron chi connectivity index (χ1n) is 7.59. The molecule has 1 aromatic heterocycles. The molecule has 0 aliphatic carbocycles. The Morgan fingerprint density at radius 3 is 2.54 bits per heavy atom. The van der Waals surface area contributed by atoms with E-state index in [1.807, 2.05) is 0 Å². The normalized spacial score (nSPS) is 20.6. The molecule has 136 valence electrons. The minimum absolute atomic E-state index is 0.0645. The van der Waals surface area contributed by atoms with Crippen LogP contribution in [-0.2, 0) is 10.9 Å². The summed E-state index contributed by atoms with van der Waals surface area (Å²) in [5.41, 5.74) is -1.90. The average molecular weight is 369 g/mol. The number of nitrogens with zero attached hydrogens (tertiary/aromatic N) is 1. The van der Waals surface area contributed by atoms with Crippen LogP contribution in [0.1, 0.15) is 37.1 Å². The van der Waals surface area contributed by atoms with Crippen molar-refractivity contribution in [3.05, 3.63) is 28.5 Å². The van der Waals surface area contributed by atoms with Gasteiger partial charge < -0.3 is 20.3 Å². The third-order valence-electron chi connectivity index (χ3n) is 4.23. The van der Waals surface area contributed by atoms with Gasteiger partial charge in [0.05, 0.1) is 11.7 Å². The Balaban J connectivity index is 1.98. The van der Waals surface area contributed by atoms with Gasteiger partial charge in [0.2, 0.25) is 0 Å². The van der Waals surface area contributed by atoms with Gasteiger partial charge in [0.1, 0.15) is 10.8 Å². The van der Waals surface area contributed by atoms with Gasteiger partial charge in [0.15, 0.2) is 0 Å². The fourth-order valence-electron chi connectivity index (χ4n) is 2.57. The molecule has 1 fully saturated rings. The van der Waals surface area contributed by atoms with Gasteiger partial charge in [0, 0.05) is 44.2 Å². The maximum Gasteiger partial charge on any atom is 0.433 e. The van der Waals surface area contributed by atoms with Crippen molar-refractivity contribution in [3.63, 3.8) is 0 Å². The second kappa shape index (κ2) is 7.53. The molecule has 5 nitrogen and oxygen atoms in total. The highest BCUT2D eigenvalue weighted by Crippen LogP contribution is 2.31. The predicted octanol–water partition coefficient (Wildman–Crippen LogP) is 2.31. The van der Waals surface area contributed by atoms with E-state index in [0.717, 1.165) is 6.07 Å². The van der Waals surface area contributed by atoms with Gasteiger partial charge in [0.25, 0.3) is 0 Å². The summed E-state index contributed by atoms with van der Waals surface area (Å²) in [5.74, 6) is 0. The first-order chi connectivity index (χ1) is 11.1. The summed E-state index contributed by atoms with van der Waals surface area (Å²) in [6, 6.07) is 1.68. The Hall–Kier alpha value is -0.930. The van der Waals surface area contributed by atoms with Crippen LogP contribution in [0.3, 0.4) is 0 Å². The monoisotopic (exact) mass is 368 g/mol. The Morgan fingerprint density at radius 1 is 1.38 bits per heavy atom. The molecular formula is C15H20ClF3N2O3. The Morgan fingerprint density at radius 2 is 2.00 bits per heavy atom. The van der Waals surface area contributed by atoms with Crippen LogP contribution in [0.15, 0.2) is 12.1 Å². The van der Waals surface area contributed by atoms with Gasteiger partial charge in [-0.2, -0.15) is 13.2 Å². The Labute approximate surface area is 142 Å². The standard InChI is InChI=1S/C15H20ClF3N2O3/c1-9(10-2-3-11(15(17,18)19)21-13(10)16)20-8-12(22)14(23)4-6-24-7-5-14/h2-3,9,12,20,22-23H,4-8H2,1H3. The van der Waals surface area contributed by atoms with Gasteiger partial charge in [-0.15, -0.1) is 0 Å². The second-order valence-electron chi connectivity index (χ2n) is 5.94. The molecule has 24 heavy (non-hydrogen) atoms. The molecule has 2 unspecified atom stereocenters. The minimum atomic E-state index is -4.55. The van der Waals surface area contributed by atoms with Crippen molar-refractivity contribution < 1.29 is 28.1 Å². The summed E-state index contributed by atoms with van der Waals surface area (Å²) in [4.78, 5) is 3.37. The lowest BCUT2D eigenvalue weighted by Gasteiger charge is -2.36. The fraction of sp³-hybridized carbons (Fsp3) is 0.667. The molecule has 3 N–H and O–H groups in total. The number of hydrogen-bond acceptors (Lipinski definition) is 5. The summed E-state index contributed by atoms with van der Waals surface area (Å²) < 4.78 is 42.9.